The van der Waals surface area contributed by atoms with Crippen LogP contribution >= 0.6 is 0 Å². The highest BCUT2D eigenvalue weighted by Crippen LogP contribution is 2.58. The lowest BCUT2D eigenvalue weighted by Gasteiger charge is -2.34. The van der Waals surface area contributed by atoms with Gasteiger partial charge in [-0.15, -0.1) is 0 Å². The molecule has 2 aliphatic heterocycles. The highest BCUT2D eigenvalue weighted by Gasteiger charge is 2.47. The van der Waals surface area contributed by atoms with Gasteiger partial charge in [0.1, 0.15) is 0 Å². The molecule has 306 valence electrons. The van der Waals surface area contributed by atoms with Gasteiger partial charge in [-0.25, -0.2) is 9.98 Å². The van der Waals surface area contributed by atoms with Crippen molar-refractivity contribution in [2.24, 2.45) is 9.98 Å². The van der Waals surface area contributed by atoms with E-state index in [-0.39, 0.29) is 6.04 Å². The lowest BCUT2D eigenvalue weighted by Crippen LogP contribution is -2.28. The maximum Gasteiger partial charge on any atom is 0.220 e. The fourth-order valence-corrected chi connectivity index (χ4v) is 10.8. The van der Waals surface area contributed by atoms with Crippen molar-refractivity contribution in [3.8, 4) is 27.9 Å². The van der Waals surface area contributed by atoms with Gasteiger partial charge in [-0.1, -0.05) is 194 Å². The minimum Gasteiger partial charge on any atom is -0.280 e. The Morgan fingerprint density at radius 3 is 1.78 bits per heavy atom. The monoisotopic (exact) mass is 831 g/mol. The standard InChI is InChI=1S/C60H41N5/c1-4-19-41(20-5-1)58-61-52(39-53(62-58)48-28-18-30-50-57(48)47-27-10-13-29-49(47)60(50,42-21-6-2-7-22-42)43-23-8-3-9-24-43)40-35-37-44(38-36-40)64-54-32-15-11-25-45(54)46-26-12-16-33-55(46)65-56-34-17-14-31-51(56)63-59(64)65/h1-38,53H,39H2. The van der Waals surface area contributed by atoms with E-state index in [1.165, 1.54) is 44.5 Å². The average Bonchev–Trinajstić information content (AvgIpc) is 3.88. The molecule has 0 N–H and O–H groups in total. The summed E-state index contributed by atoms with van der Waals surface area (Å²) in [4.78, 5) is 18.5. The third kappa shape index (κ3) is 5.68. The van der Waals surface area contributed by atoms with E-state index >= 15 is 0 Å². The summed E-state index contributed by atoms with van der Waals surface area (Å²) in [6.07, 6.45) is 0.648. The second kappa shape index (κ2) is 14.9. The number of hydrogen-bond acceptors (Lipinski definition) is 4. The van der Waals surface area contributed by atoms with E-state index in [9.17, 15) is 0 Å². The first-order valence-corrected chi connectivity index (χ1v) is 22.4. The molecule has 3 aliphatic rings. The van der Waals surface area contributed by atoms with Crippen LogP contribution in [-0.4, -0.2) is 21.1 Å². The summed E-state index contributed by atoms with van der Waals surface area (Å²) in [7, 11) is 0. The topological polar surface area (TPSA) is 45.8 Å². The molecule has 0 saturated carbocycles. The van der Waals surface area contributed by atoms with Crippen molar-refractivity contribution in [2.75, 3.05) is 4.90 Å². The van der Waals surface area contributed by atoms with Gasteiger partial charge < -0.3 is 0 Å². The van der Waals surface area contributed by atoms with Crippen LogP contribution in [0.2, 0.25) is 0 Å². The van der Waals surface area contributed by atoms with E-state index in [1.54, 1.807) is 0 Å². The Kier molecular flexibility index (Phi) is 8.50. The highest BCUT2D eigenvalue weighted by molar-refractivity contribution is 6.14. The van der Waals surface area contributed by atoms with Gasteiger partial charge in [-0.05, 0) is 80.9 Å². The molecular formula is C60H41N5. The molecule has 0 fully saturated rings. The zero-order chi connectivity index (χ0) is 42.9. The van der Waals surface area contributed by atoms with Gasteiger partial charge in [0, 0.05) is 28.8 Å². The Labute approximate surface area is 378 Å². The number of anilines is 3. The number of para-hydroxylation sites is 4. The number of rotatable bonds is 6. The number of nitrogens with zero attached hydrogens (tertiary/aromatic N) is 5. The first kappa shape index (κ1) is 37.2. The summed E-state index contributed by atoms with van der Waals surface area (Å²) >= 11 is 0. The summed E-state index contributed by atoms with van der Waals surface area (Å²) in [6, 6.07) is 82.7. The summed E-state index contributed by atoms with van der Waals surface area (Å²) in [6.45, 7) is 0. The van der Waals surface area contributed by atoms with Crippen LogP contribution < -0.4 is 4.90 Å². The number of fused-ring (bicyclic) bond motifs is 10. The summed E-state index contributed by atoms with van der Waals surface area (Å²) in [5, 5.41) is 0. The van der Waals surface area contributed by atoms with E-state index in [0.717, 1.165) is 62.3 Å². The van der Waals surface area contributed by atoms with Gasteiger partial charge in [0.15, 0.2) is 5.84 Å². The number of imidazole rings is 1. The number of aliphatic imine (C=N–C) groups is 2. The zero-order valence-electron chi connectivity index (χ0n) is 35.5. The van der Waals surface area contributed by atoms with Gasteiger partial charge >= 0.3 is 0 Å². The van der Waals surface area contributed by atoms with Gasteiger partial charge in [0.05, 0.1) is 39.6 Å². The van der Waals surface area contributed by atoms with Crippen molar-refractivity contribution in [2.45, 2.75) is 17.9 Å². The predicted octanol–water partition coefficient (Wildman–Crippen LogP) is 14.2. The summed E-state index contributed by atoms with van der Waals surface area (Å²) < 4.78 is 2.30. The van der Waals surface area contributed by atoms with E-state index in [2.05, 4.69) is 240 Å². The predicted molar refractivity (Wildman–Crippen MR) is 265 cm³/mol. The molecule has 65 heavy (non-hydrogen) atoms. The van der Waals surface area contributed by atoms with Gasteiger partial charge in [0.25, 0.3) is 0 Å². The Bertz CT molecular complexity index is 3470. The number of amidine groups is 1. The van der Waals surface area contributed by atoms with Crippen LogP contribution in [0.3, 0.4) is 0 Å². The third-order valence-corrected chi connectivity index (χ3v) is 13.6. The molecule has 0 bridgehead atoms. The molecule has 10 aromatic rings. The van der Waals surface area contributed by atoms with Crippen molar-refractivity contribution in [3.63, 3.8) is 0 Å². The molecular weight excluding hydrogens is 791 g/mol. The smallest absolute Gasteiger partial charge is 0.220 e. The molecule has 9 aromatic carbocycles. The minimum atomic E-state index is -0.494. The Balaban J connectivity index is 0.954. The second-order valence-electron chi connectivity index (χ2n) is 17.0. The molecule has 5 heteroatoms. The molecule has 0 amide bonds. The molecule has 3 heterocycles. The van der Waals surface area contributed by atoms with Crippen LogP contribution in [0, 0.1) is 0 Å². The zero-order valence-corrected chi connectivity index (χ0v) is 35.5. The Hall–Kier alpha value is -8.41. The molecule has 0 saturated heterocycles. The first-order chi connectivity index (χ1) is 32.3. The summed E-state index contributed by atoms with van der Waals surface area (Å²) in [5.41, 5.74) is 18.9. The van der Waals surface area contributed by atoms with Crippen LogP contribution in [-0.2, 0) is 5.41 Å². The second-order valence-corrected chi connectivity index (χ2v) is 17.0. The molecule has 1 unspecified atom stereocenters. The van der Waals surface area contributed by atoms with Crippen LogP contribution in [0.25, 0.3) is 39.0 Å². The van der Waals surface area contributed by atoms with E-state index < -0.39 is 5.41 Å². The van der Waals surface area contributed by atoms with E-state index in [1.807, 2.05) is 0 Å². The maximum atomic E-state index is 5.54. The third-order valence-electron chi connectivity index (χ3n) is 13.6. The minimum absolute atomic E-state index is 0.182. The maximum absolute atomic E-state index is 5.54. The first-order valence-electron chi connectivity index (χ1n) is 22.4. The van der Waals surface area contributed by atoms with Gasteiger partial charge in [-0.2, -0.15) is 0 Å². The van der Waals surface area contributed by atoms with Crippen molar-refractivity contribution in [3.05, 3.63) is 269 Å². The lowest BCUT2D eigenvalue weighted by atomic mass is 9.67. The fourth-order valence-electron chi connectivity index (χ4n) is 10.8. The normalized spacial score (nSPS) is 15.4. The largest absolute Gasteiger partial charge is 0.280 e. The van der Waals surface area contributed by atoms with Gasteiger partial charge in [0.2, 0.25) is 5.95 Å². The van der Waals surface area contributed by atoms with E-state index in [0.29, 0.717) is 6.42 Å². The van der Waals surface area contributed by atoms with Crippen molar-refractivity contribution in [1.82, 2.24) is 9.55 Å². The van der Waals surface area contributed by atoms with Crippen LogP contribution in [0.15, 0.2) is 241 Å². The summed E-state index contributed by atoms with van der Waals surface area (Å²) in [5.74, 6) is 1.60. The van der Waals surface area contributed by atoms with E-state index in [4.69, 9.17) is 15.0 Å². The molecule has 1 aliphatic carbocycles. The van der Waals surface area contributed by atoms with Crippen molar-refractivity contribution < 1.29 is 0 Å². The fraction of sp³-hybridized carbons (Fsp3) is 0.0500. The quantitative estimate of drug-likeness (QED) is 0.168. The molecule has 0 spiro atoms. The number of aromatic nitrogens is 2. The molecule has 13 rings (SSSR count). The van der Waals surface area contributed by atoms with Crippen LogP contribution in [0.5, 0.6) is 0 Å². The molecule has 1 atom stereocenters. The van der Waals surface area contributed by atoms with Crippen LogP contribution in [0.1, 0.15) is 51.4 Å². The average molecular weight is 832 g/mol. The number of hydrogen-bond donors (Lipinski definition) is 0. The van der Waals surface area contributed by atoms with Gasteiger partial charge in [-0.3, -0.25) is 14.5 Å². The SMILES string of the molecule is c1ccc(C2=NC(c3cccc4c3-c3ccccc3C4(c3ccccc3)c3ccccc3)CC(c3ccc(N4c5ccccc5-c5ccccc5-n5c4nc4ccccc45)cc3)=N2)cc1. The highest BCUT2D eigenvalue weighted by atomic mass is 15.3. The molecule has 1 aromatic heterocycles. The number of benzene rings is 9. The molecule has 5 nitrogen and oxygen atoms in total. The Morgan fingerprint density at radius 1 is 0.462 bits per heavy atom. The van der Waals surface area contributed by atoms with Crippen molar-refractivity contribution in [1.29, 1.82) is 0 Å². The lowest BCUT2D eigenvalue weighted by molar-refractivity contribution is 0.744. The van der Waals surface area contributed by atoms with Crippen LogP contribution in [0.4, 0.5) is 17.3 Å². The Morgan fingerprint density at radius 2 is 1.05 bits per heavy atom. The molecule has 0 radical (unpaired) electrons. The van der Waals surface area contributed by atoms with Crippen molar-refractivity contribution >= 4 is 39.9 Å².